The number of nitrogen functional groups attached to an aromatic ring is 1. The Morgan fingerprint density at radius 1 is 1.27 bits per heavy atom. The Kier molecular flexibility index (Phi) is 5.76. The number of alkyl halides is 3. The molecular formula is C20H17ClF4N4O. The van der Waals surface area contributed by atoms with Crippen LogP contribution in [0.15, 0.2) is 46.6 Å². The van der Waals surface area contributed by atoms with Crippen LogP contribution in [0.1, 0.15) is 26.5 Å². The van der Waals surface area contributed by atoms with Gasteiger partial charge in [-0.2, -0.15) is 18.3 Å². The number of allylic oxidation sites excluding steroid dienone is 4. The zero-order valence-corrected chi connectivity index (χ0v) is 16.9. The van der Waals surface area contributed by atoms with Gasteiger partial charge in [-0.05, 0) is 39.0 Å². The maximum absolute atomic E-state index is 14.2. The SMILES string of the molecule is C/C=C(\C=C(C)C)n1ncc(-c2onc(-c3c(F)cccc3Cl)c2N)c1C(F)(F)F. The lowest BCUT2D eigenvalue weighted by atomic mass is 10.1. The van der Waals surface area contributed by atoms with Gasteiger partial charge in [-0.15, -0.1) is 0 Å². The third-order valence-corrected chi connectivity index (χ3v) is 4.50. The van der Waals surface area contributed by atoms with Gasteiger partial charge in [0, 0.05) is 0 Å². The minimum Gasteiger partial charge on any atom is -0.394 e. The second-order valence-corrected chi connectivity index (χ2v) is 7.03. The summed E-state index contributed by atoms with van der Waals surface area (Å²) in [6, 6.07) is 3.92. The van der Waals surface area contributed by atoms with Crippen molar-refractivity contribution < 1.29 is 22.1 Å². The number of anilines is 1. The van der Waals surface area contributed by atoms with Crippen LogP contribution in [0.4, 0.5) is 23.2 Å². The van der Waals surface area contributed by atoms with Crippen molar-refractivity contribution in [1.82, 2.24) is 14.9 Å². The van der Waals surface area contributed by atoms with E-state index in [1.165, 1.54) is 18.2 Å². The van der Waals surface area contributed by atoms with Crippen molar-refractivity contribution in [3.8, 4) is 22.6 Å². The first-order chi connectivity index (χ1) is 14.1. The predicted octanol–water partition coefficient (Wildman–Crippen LogP) is 6.43. The molecule has 0 unspecified atom stereocenters. The summed E-state index contributed by atoms with van der Waals surface area (Å²) in [4.78, 5) is 0. The van der Waals surface area contributed by atoms with Crippen LogP contribution in [0.5, 0.6) is 0 Å². The number of benzene rings is 1. The van der Waals surface area contributed by atoms with E-state index in [2.05, 4.69) is 10.3 Å². The molecule has 0 atom stereocenters. The van der Waals surface area contributed by atoms with Gasteiger partial charge in [-0.1, -0.05) is 34.5 Å². The van der Waals surface area contributed by atoms with E-state index in [-0.39, 0.29) is 33.4 Å². The molecule has 0 aliphatic rings. The minimum absolute atomic E-state index is 0.00643. The summed E-state index contributed by atoms with van der Waals surface area (Å²) in [5.74, 6) is -1.11. The van der Waals surface area contributed by atoms with Gasteiger partial charge in [0.05, 0.1) is 28.0 Å². The van der Waals surface area contributed by atoms with Crippen molar-refractivity contribution in [2.45, 2.75) is 26.9 Å². The highest BCUT2D eigenvalue weighted by atomic mass is 35.5. The van der Waals surface area contributed by atoms with E-state index in [1.807, 2.05) is 0 Å². The summed E-state index contributed by atoms with van der Waals surface area (Å²) in [6.07, 6.45) is -0.757. The number of rotatable bonds is 4. The summed E-state index contributed by atoms with van der Waals surface area (Å²) >= 11 is 6.02. The van der Waals surface area contributed by atoms with Gasteiger partial charge >= 0.3 is 6.18 Å². The lowest BCUT2D eigenvalue weighted by Crippen LogP contribution is -2.15. The zero-order valence-electron chi connectivity index (χ0n) is 16.2. The minimum atomic E-state index is -4.79. The smallest absolute Gasteiger partial charge is 0.394 e. The third-order valence-electron chi connectivity index (χ3n) is 4.19. The summed E-state index contributed by atoms with van der Waals surface area (Å²) in [5, 5.41) is 7.55. The molecule has 3 aromatic rings. The van der Waals surface area contributed by atoms with E-state index < -0.39 is 23.3 Å². The number of aromatic nitrogens is 3. The van der Waals surface area contributed by atoms with Gasteiger partial charge in [0.1, 0.15) is 17.2 Å². The standard InChI is InChI=1S/C20H17ClF4N4O/c1-4-11(8-10(2)3)29-19(20(23,24)25)12(9-27-29)18-16(26)17(28-30-18)15-13(21)6-5-7-14(15)22/h4-9H,26H2,1-3H3/b11-4+. The van der Waals surface area contributed by atoms with Gasteiger partial charge in [0.2, 0.25) is 0 Å². The zero-order chi connectivity index (χ0) is 22.2. The van der Waals surface area contributed by atoms with Gasteiger partial charge in [0.25, 0.3) is 0 Å². The molecule has 158 valence electrons. The fourth-order valence-corrected chi connectivity index (χ4v) is 3.19. The van der Waals surface area contributed by atoms with Gasteiger partial charge in [-0.3, -0.25) is 0 Å². The van der Waals surface area contributed by atoms with E-state index in [1.54, 1.807) is 26.8 Å². The van der Waals surface area contributed by atoms with Crippen molar-refractivity contribution in [2.75, 3.05) is 5.73 Å². The molecule has 2 aromatic heterocycles. The molecule has 0 saturated heterocycles. The molecule has 30 heavy (non-hydrogen) atoms. The Balaban J connectivity index is 2.24. The maximum atomic E-state index is 14.2. The van der Waals surface area contributed by atoms with E-state index >= 15 is 0 Å². The molecule has 3 rings (SSSR count). The van der Waals surface area contributed by atoms with E-state index in [0.717, 1.165) is 22.5 Å². The highest BCUT2D eigenvalue weighted by Gasteiger charge is 2.41. The van der Waals surface area contributed by atoms with Crippen LogP contribution in [-0.4, -0.2) is 14.9 Å². The lowest BCUT2D eigenvalue weighted by molar-refractivity contribution is -0.142. The molecule has 0 fully saturated rings. The Morgan fingerprint density at radius 2 is 1.97 bits per heavy atom. The van der Waals surface area contributed by atoms with Crippen LogP contribution in [0.3, 0.4) is 0 Å². The molecule has 0 saturated carbocycles. The fourth-order valence-electron chi connectivity index (χ4n) is 2.94. The van der Waals surface area contributed by atoms with Gasteiger partial charge < -0.3 is 10.3 Å². The summed E-state index contributed by atoms with van der Waals surface area (Å²) < 4.78 is 62.0. The molecular weight excluding hydrogens is 424 g/mol. The number of nitrogens with zero attached hydrogens (tertiary/aromatic N) is 3. The highest BCUT2D eigenvalue weighted by Crippen LogP contribution is 2.44. The molecule has 2 N–H and O–H groups in total. The van der Waals surface area contributed by atoms with Gasteiger partial charge in [0.15, 0.2) is 11.5 Å². The Morgan fingerprint density at radius 3 is 2.53 bits per heavy atom. The van der Waals surface area contributed by atoms with E-state index in [0.29, 0.717) is 0 Å². The van der Waals surface area contributed by atoms with Gasteiger partial charge in [-0.25, -0.2) is 9.07 Å². The number of halogens is 5. The average molecular weight is 441 g/mol. The second kappa shape index (κ2) is 7.98. The molecule has 10 heteroatoms. The quantitative estimate of drug-likeness (QED) is 0.375. The van der Waals surface area contributed by atoms with E-state index in [9.17, 15) is 17.6 Å². The van der Waals surface area contributed by atoms with Crippen molar-refractivity contribution in [2.24, 2.45) is 0 Å². The topological polar surface area (TPSA) is 69.9 Å². The van der Waals surface area contributed by atoms with Crippen LogP contribution in [0, 0.1) is 5.82 Å². The van der Waals surface area contributed by atoms with Crippen LogP contribution in [0.2, 0.25) is 5.02 Å². The summed E-state index contributed by atoms with van der Waals surface area (Å²) in [7, 11) is 0. The molecule has 5 nitrogen and oxygen atoms in total. The molecule has 0 bridgehead atoms. The first-order valence-electron chi connectivity index (χ1n) is 8.73. The molecule has 0 amide bonds. The van der Waals surface area contributed by atoms with Crippen molar-refractivity contribution >= 4 is 23.0 Å². The Labute approximate surface area is 174 Å². The molecule has 2 heterocycles. The van der Waals surface area contributed by atoms with E-state index in [4.69, 9.17) is 21.9 Å². The highest BCUT2D eigenvalue weighted by molar-refractivity contribution is 6.33. The number of hydrogen-bond acceptors (Lipinski definition) is 4. The third kappa shape index (κ3) is 3.85. The van der Waals surface area contributed by atoms with Crippen molar-refractivity contribution in [3.63, 3.8) is 0 Å². The first kappa shape index (κ1) is 21.6. The normalized spacial score (nSPS) is 12.3. The Hall–Kier alpha value is -3.07. The Bertz CT molecular complexity index is 1130. The largest absolute Gasteiger partial charge is 0.434 e. The number of hydrogen-bond donors (Lipinski definition) is 1. The van der Waals surface area contributed by atoms with Crippen LogP contribution < -0.4 is 5.73 Å². The maximum Gasteiger partial charge on any atom is 0.434 e. The molecule has 1 aromatic carbocycles. The lowest BCUT2D eigenvalue weighted by Gasteiger charge is -2.13. The molecule has 0 radical (unpaired) electrons. The fraction of sp³-hybridized carbons (Fsp3) is 0.200. The predicted molar refractivity (Wildman–Crippen MR) is 107 cm³/mol. The van der Waals surface area contributed by atoms with Crippen LogP contribution in [-0.2, 0) is 6.18 Å². The molecule has 0 aliphatic heterocycles. The monoisotopic (exact) mass is 440 g/mol. The second-order valence-electron chi connectivity index (χ2n) is 6.62. The van der Waals surface area contributed by atoms with Crippen LogP contribution >= 0.6 is 11.6 Å². The number of nitrogens with two attached hydrogens (primary N) is 1. The molecule has 0 aliphatic carbocycles. The van der Waals surface area contributed by atoms with Crippen molar-refractivity contribution in [1.29, 1.82) is 0 Å². The first-order valence-corrected chi connectivity index (χ1v) is 9.10. The average Bonchev–Trinajstić information content (AvgIpc) is 3.23. The summed E-state index contributed by atoms with van der Waals surface area (Å²) in [6.45, 7) is 5.09. The molecule has 0 spiro atoms. The summed E-state index contributed by atoms with van der Waals surface area (Å²) in [5.41, 5.74) is 4.85. The van der Waals surface area contributed by atoms with Crippen molar-refractivity contribution in [3.05, 3.63) is 58.7 Å². The van der Waals surface area contributed by atoms with Crippen LogP contribution in [0.25, 0.3) is 28.3 Å².